The molecule has 0 aliphatic carbocycles. The Balaban J connectivity index is 1.77. The molecule has 0 aliphatic heterocycles. The summed E-state index contributed by atoms with van der Waals surface area (Å²) in [5, 5.41) is 3.70. The van der Waals surface area contributed by atoms with E-state index in [9.17, 15) is 17.6 Å². The van der Waals surface area contributed by atoms with Gasteiger partial charge in [-0.15, -0.1) is 0 Å². The Morgan fingerprint density at radius 2 is 1.87 bits per heavy atom. The second-order valence-electron chi connectivity index (χ2n) is 6.47. The number of ether oxygens (including phenoxy) is 1. The number of methoxy groups -OCH3 is 1. The number of rotatable bonds is 6. The van der Waals surface area contributed by atoms with Crippen LogP contribution in [0.1, 0.15) is 29.8 Å². The van der Waals surface area contributed by atoms with Gasteiger partial charge in [-0.05, 0) is 46.3 Å². The Morgan fingerprint density at radius 1 is 1.10 bits per heavy atom. The highest BCUT2D eigenvalue weighted by molar-refractivity contribution is 9.10. The van der Waals surface area contributed by atoms with Gasteiger partial charge in [0.05, 0.1) is 29.2 Å². The number of para-hydroxylation sites is 2. The summed E-state index contributed by atoms with van der Waals surface area (Å²) in [6.07, 6.45) is -5.97. The monoisotopic (exact) mass is 482 g/mol. The number of hydrogen-bond acceptors (Lipinski definition) is 3. The smallest absolute Gasteiger partial charge is 0.283 e. The molecule has 2 heterocycles. The van der Waals surface area contributed by atoms with E-state index in [0.29, 0.717) is 22.7 Å². The molecule has 0 atom stereocenters. The van der Waals surface area contributed by atoms with Gasteiger partial charge in [-0.2, -0.15) is 5.10 Å². The van der Waals surface area contributed by atoms with Crippen LogP contribution in [-0.2, 0) is 6.54 Å². The highest BCUT2D eigenvalue weighted by Crippen LogP contribution is 2.36. The number of halogens is 5. The average molecular weight is 483 g/mol. The first-order valence-corrected chi connectivity index (χ1v) is 9.62. The Bertz CT molecular complexity index is 1170. The van der Waals surface area contributed by atoms with Crippen molar-refractivity contribution in [2.75, 3.05) is 7.11 Å². The number of imidazole rings is 1. The molecule has 0 saturated heterocycles. The van der Waals surface area contributed by atoms with Crippen molar-refractivity contribution in [2.24, 2.45) is 0 Å². The maximum atomic E-state index is 13.5. The van der Waals surface area contributed by atoms with E-state index in [4.69, 9.17) is 4.74 Å². The first-order chi connectivity index (χ1) is 14.4. The van der Waals surface area contributed by atoms with Gasteiger partial charge in [0.2, 0.25) is 0 Å². The van der Waals surface area contributed by atoms with Crippen molar-refractivity contribution >= 4 is 27.0 Å². The van der Waals surface area contributed by atoms with Crippen molar-refractivity contribution in [2.45, 2.75) is 19.4 Å². The van der Waals surface area contributed by atoms with E-state index in [-0.39, 0.29) is 11.0 Å². The number of H-pyrrole nitrogens is 1. The van der Waals surface area contributed by atoms with E-state index in [2.05, 4.69) is 31.0 Å². The van der Waals surface area contributed by atoms with E-state index in [1.54, 1.807) is 18.2 Å². The number of alkyl halides is 4. The summed E-state index contributed by atoms with van der Waals surface area (Å²) < 4.78 is 59.2. The zero-order chi connectivity index (χ0) is 21.4. The summed E-state index contributed by atoms with van der Waals surface area (Å²) in [5.74, 6) is 1.00. The summed E-state index contributed by atoms with van der Waals surface area (Å²) in [6.45, 7) is -0.178. The summed E-state index contributed by atoms with van der Waals surface area (Å²) >= 11 is 2.83. The van der Waals surface area contributed by atoms with Gasteiger partial charge in [-0.3, -0.25) is 4.68 Å². The van der Waals surface area contributed by atoms with Crippen molar-refractivity contribution in [3.05, 3.63) is 63.9 Å². The molecule has 30 heavy (non-hydrogen) atoms. The van der Waals surface area contributed by atoms with Crippen LogP contribution in [0.25, 0.3) is 22.4 Å². The van der Waals surface area contributed by atoms with Crippen LogP contribution in [0.3, 0.4) is 0 Å². The summed E-state index contributed by atoms with van der Waals surface area (Å²) in [5.41, 5.74) is 1.48. The first kappa shape index (κ1) is 20.4. The number of nitrogens with one attached hydrogen (secondary N) is 1. The highest BCUT2D eigenvalue weighted by atomic mass is 79.9. The molecule has 2 aromatic carbocycles. The normalized spacial score (nSPS) is 11.7. The minimum atomic E-state index is -2.98. The molecule has 0 bridgehead atoms. The maximum absolute atomic E-state index is 13.5. The molecule has 4 rings (SSSR count). The lowest BCUT2D eigenvalue weighted by Crippen LogP contribution is -2.08. The topological polar surface area (TPSA) is 55.7 Å². The molecule has 0 spiro atoms. The third-order valence-corrected chi connectivity index (χ3v) is 5.45. The molecule has 0 amide bonds. The fourth-order valence-corrected chi connectivity index (χ4v) is 3.87. The minimum Gasteiger partial charge on any atom is -0.496 e. The van der Waals surface area contributed by atoms with E-state index >= 15 is 0 Å². The third-order valence-electron chi connectivity index (χ3n) is 4.63. The van der Waals surface area contributed by atoms with Crippen LogP contribution < -0.4 is 4.74 Å². The Kier molecular flexibility index (Phi) is 5.50. The number of benzene rings is 2. The number of aromatic nitrogens is 4. The first-order valence-electron chi connectivity index (χ1n) is 8.83. The Hall–Kier alpha value is -2.88. The summed E-state index contributed by atoms with van der Waals surface area (Å²) in [6, 6.07) is 12.7. The van der Waals surface area contributed by atoms with Crippen LogP contribution in [-0.4, -0.2) is 26.9 Å². The molecule has 156 valence electrons. The number of fused-ring (bicyclic) bond motifs is 1. The lowest BCUT2D eigenvalue weighted by molar-refractivity contribution is 0.139. The summed E-state index contributed by atoms with van der Waals surface area (Å²) in [7, 11) is 1.44. The van der Waals surface area contributed by atoms with E-state index in [1.807, 2.05) is 24.3 Å². The van der Waals surface area contributed by atoms with Gasteiger partial charge in [-0.25, -0.2) is 22.5 Å². The molecular formula is C20H15BrF4N4O. The largest absolute Gasteiger partial charge is 0.496 e. The van der Waals surface area contributed by atoms with Crippen molar-refractivity contribution in [1.29, 1.82) is 0 Å². The molecule has 10 heteroatoms. The van der Waals surface area contributed by atoms with Crippen molar-refractivity contribution in [3.8, 4) is 17.1 Å². The predicted octanol–water partition coefficient (Wildman–Crippen LogP) is 6.12. The standard InChI is InChI=1S/C20H15BrF4N4O/c1-30-14-7-6-10(20-26-12-4-2-3-5-13(12)27-20)8-11(14)9-29-17(19(24)25)15(21)16(28-29)18(22)23/h2-8,18-19H,9H2,1H3,(H,26,27). The van der Waals surface area contributed by atoms with Crippen LogP contribution >= 0.6 is 15.9 Å². The van der Waals surface area contributed by atoms with Crippen LogP contribution in [0.5, 0.6) is 5.75 Å². The van der Waals surface area contributed by atoms with E-state index in [1.165, 1.54) is 7.11 Å². The molecule has 0 saturated carbocycles. The van der Waals surface area contributed by atoms with Gasteiger partial charge in [0.15, 0.2) is 0 Å². The molecular weight excluding hydrogens is 468 g/mol. The third kappa shape index (κ3) is 3.67. The van der Waals surface area contributed by atoms with Crippen molar-refractivity contribution in [1.82, 2.24) is 19.7 Å². The molecule has 4 aromatic rings. The van der Waals surface area contributed by atoms with Crippen LogP contribution in [0.2, 0.25) is 0 Å². The molecule has 0 radical (unpaired) electrons. The van der Waals surface area contributed by atoms with Gasteiger partial charge in [0, 0.05) is 11.1 Å². The van der Waals surface area contributed by atoms with Crippen LogP contribution in [0.4, 0.5) is 17.6 Å². The van der Waals surface area contributed by atoms with Crippen molar-refractivity contribution in [3.63, 3.8) is 0 Å². The van der Waals surface area contributed by atoms with Gasteiger partial charge < -0.3 is 9.72 Å². The second kappa shape index (κ2) is 8.10. The van der Waals surface area contributed by atoms with Gasteiger partial charge >= 0.3 is 0 Å². The lowest BCUT2D eigenvalue weighted by Gasteiger charge is -2.12. The zero-order valence-electron chi connectivity index (χ0n) is 15.5. The Morgan fingerprint density at radius 3 is 2.53 bits per heavy atom. The SMILES string of the molecule is COc1ccc(-c2nc3ccccc3[nH]2)cc1Cn1nc(C(F)F)c(Br)c1C(F)F. The molecule has 2 aromatic heterocycles. The summed E-state index contributed by atoms with van der Waals surface area (Å²) in [4.78, 5) is 7.73. The minimum absolute atomic E-state index is 0.178. The molecule has 0 unspecified atom stereocenters. The quantitative estimate of drug-likeness (QED) is 0.336. The molecule has 1 N–H and O–H groups in total. The zero-order valence-corrected chi connectivity index (χ0v) is 17.1. The van der Waals surface area contributed by atoms with Crippen molar-refractivity contribution < 1.29 is 22.3 Å². The average Bonchev–Trinajstić information content (AvgIpc) is 3.29. The lowest BCUT2D eigenvalue weighted by atomic mass is 10.1. The Labute approximate surface area is 176 Å². The van der Waals surface area contributed by atoms with Gasteiger partial charge in [-0.1, -0.05) is 12.1 Å². The van der Waals surface area contributed by atoms with Gasteiger partial charge in [0.1, 0.15) is 23.0 Å². The number of aromatic amines is 1. The molecule has 0 aliphatic rings. The van der Waals surface area contributed by atoms with E-state index < -0.39 is 24.2 Å². The molecule has 0 fully saturated rings. The number of nitrogens with zero attached hydrogens (tertiary/aromatic N) is 3. The second-order valence-corrected chi connectivity index (χ2v) is 7.27. The van der Waals surface area contributed by atoms with Crippen LogP contribution in [0.15, 0.2) is 46.9 Å². The van der Waals surface area contributed by atoms with Gasteiger partial charge in [0.25, 0.3) is 12.9 Å². The number of hydrogen-bond donors (Lipinski definition) is 1. The maximum Gasteiger partial charge on any atom is 0.283 e. The fourth-order valence-electron chi connectivity index (χ4n) is 3.24. The fraction of sp³-hybridized carbons (Fsp3) is 0.200. The van der Waals surface area contributed by atoms with Crippen LogP contribution in [0, 0.1) is 0 Å². The highest BCUT2D eigenvalue weighted by Gasteiger charge is 2.28. The van der Waals surface area contributed by atoms with E-state index in [0.717, 1.165) is 15.7 Å². The molecule has 5 nitrogen and oxygen atoms in total. The predicted molar refractivity (Wildman–Crippen MR) is 107 cm³/mol.